The maximum Gasteiger partial charge on any atom is 0.125 e. The molecule has 1 aliphatic carbocycles. The Hall–Kier alpha value is -1.51. The first-order valence-corrected chi connectivity index (χ1v) is 5.72. The van der Waals surface area contributed by atoms with Crippen molar-refractivity contribution in [2.75, 3.05) is 17.6 Å². The van der Waals surface area contributed by atoms with Crippen molar-refractivity contribution in [2.24, 2.45) is 0 Å². The van der Waals surface area contributed by atoms with Crippen LogP contribution < -0.4 is 11.1 Å². The molecule has 16 heavy (non-hydrogen) atoms. The highest BCUT2D eigenvalue weighted by Crippen LogP contribution is 2.22. The summed E-state index contributed by atoms with van der Waals surface area (Å²) in [6.07, 6.45) is 7.02. The average Bonchev–Trinajstić information content (AvgIpc) is 2.76. The summed E-state index contributed by atoms with van der Waals surface area (Å²) in [5, 5.41) is 3.17. The Morgan fingerprint density at radius 1 is 1.38 bits per heavy atom. The fraction of sp³-hybridized carbons (Fsp3) is 0.385. The van der Waals surface area contributed by atoms with Crippen LogP contribution in [0.15, 0.2) is 29.8 Å². The third-order valence-electron chi connectivity index (χ3n) is 2.91. The number of rotatable bonds is 4. The molecule has 86 valence electrons. The topological polar surface area (TPSA) is 38.0 Å². The third kappa shape index (κ3) is 2.75. The van der Waals surface area contributed by atoms with Gasteiger partial charge >= 0.3 is 0 Å². The van der Waals surface area contributed by atoms with Crippen LogP contribution in [0.5, 0.6) is 0 Å². The molecule has 0 saturated heterocycles. The van der Waals surface area contributed by atoms with Gasteiger partial charge in [-0.15, -0.1) is 0 Å². The number of hydrogen-bond acceptors (Lipinski definition) is 2. The van der Waals surface area contributed by atoms with E-state index in [1.54, 1.807) is 6.07 Å². The summed E-state index contributed by atoms with van der Waals surface area (Å²) in [6, 6.07) is 4.41. The van der Waals surface area contributed by atoms with Crippen LogP contribution in [0.2, 0.25) is 0 Å². The monoisotopic (exact) mass is 220 g/mol. The molecule has 2 rings (SSSR count). The molecular formula is C13H17FN2. The van der Waals surface area contributed by atoms with Crippen LogP contribution in [0, 0.1) is 5.82 Å². The molecule has 0 spiro atoms. The lowest BCUT2D eigenvalue weighted by molar-refractivity contribution is 0.628. The molecule has 0 atom stereocenters. The van der Waals surface area contributed by atoms with Gasteiger partial charge in [0.15, 0.2) is 0 Å². The van der Waals surface area contributed by atoms with Gasteiger partial charge in [-0.05, 0) is 43.9 Å². The lowest BCUT2D eigenvalue weighted by atomic mass is 10.1. The Bertz CT molecular complexity index is 399. The largest absolute Gasteiger partial charge is 0.397 e. The molecule has 3 heteroatoms. The summed E-state index contributed by atoms with van der Waals surface area (Å²) >= 11 is 0. The number of halogens is 1. The average molecular weight is 220 g/mol. The summed E-state index contributed by atoms with van der Waals surface area (Å²) in [6.45, 7) is 0.819. The molecule has 0 heterocycles. The van der Waals surface area contributed by atoms with Gasteiger partial charge in [-0.1, -0.05) is 11.6 Å². The first-order chi connectivity index (χ1) is 7.75. The first kappa shape index (κ1) is 11.0. The minimum absolute atomic E-state index is 0.253. The first-order valence-electron chi connectivity index (χ1n) is 5.72. The lowest BCUT2D eigenvalue weighted by Crippen LogP contribution is -2.05. The summed E-state index contributed by atoms with van der Waals surface area (Å²) < 4.78 is 13.0. The molecule has 0 aliphatic heterocycles. The minimum Gasteiger partial charge on any atom is -0.397 e. The maximum absolute atomic E-state index is 13.0. The van der Waals surface area contributed by atoms with Gasteiger partial charge in [0.2, 0.25) is 0 Å². The quantitative estimate of drug-likeness (QED) is 0.603. The Balaban J connectivity index is 1.86. The van der Waals surface area contributed by atoms with Gasteiger partial charge < -0.3 is 11.1 Å². The van der Waals surface area contributed by atoms with Gasteiger partial charge in [-0.3, -0.25) is 0 Å². The smallest absolute Gasteiger partial charge is 0.125 e. The Morgan fingerprint density at radius 3 is 3.00 bits per heavy atom. The van der Waals surface area contributed by atoms with E-state index in [9.17, 15) is 4.39 Å². The Kier molecular flexibility index (Phi) is 3.44. The Morgan fingerprint density at radius 2 is 2.25 bits per heavy atom. The minimum atomic E-state index is -0.253. The second-order valence-corrected chi connectivity index (χ2v) is 4.16. The van der Waals surface area contributed by atoms with Crippen LogP contribution >= 0.6 is 0 Å². The molecule has 0 fully saturated rings. The highest BCUT2D eigenvalue weighted by atomic mass is 19.1. The van der Waals surface area contributed by atoms with Crippen molar-refractivity contribution in [3.05, 3.63) is 35.7 Å². The van der Waals surface area contributed by atoms with E-state index in [2.05, 4.69) is 11.4 Å². The van der Waals surface area contributed by atoms with Crippen LogP contribution in [0.4, 0.5) is 15.8 Å². The summed E-state index contributed by atoms with van der Waals surface area (Å²) in [4.78, 5) is 0. The van der Waals surface area contributed by atoms with E-state index >= 15 is 0 Å². The van der Waals surface area contributed by atoms with E-state index in [1.807, 2.05) is 0 Å². The number of anilines is 2. The van der Waals surface area contributed by atoms with Crippen molar-refractivity contribution >= 4 is 11.4 Å². The number of benzene rings is 1. The van der Waals surface area contributed by atoms with Crippen molar-refractivity contribution in [3.63, 3.8) is 0 Å². The summed E-state index contributed by atoms with van der Waals surface area (Å²) in [5.74, 6) is -0.253. The van der Waals surface area contributed by atoms with Crippen LogP contribution in [0.3, 0.4) is 0 Å². The van der Waals surface area contributed by atoms with Crippen LogP contribution in [-0.4, -0.2) is 6.54 Å². The number of nitrogens with one attached hydrogen (secondary N) is 1. The van der Waals surface area contributed by atoms with E-state index in [0.29, 0.717) is 11.4 Å². The predicted octanol–water partition coefficient (Wildman–Crippen LogP) is 3.32. The fourth-order valence-corrected chi connectivity index (χ4v) is 2.00. The number of allylic oxidation sites excluding steroid dienone is 1. The zero-order chi connectivity index (χ0) is 11.4. The van der Waals surface area contributed by atoms with Gasteiger partial charge in [0, 0.05) is 6.54 Å². The maximum atomic E-state index is 13.0. The molecule has 0 aromatic heterocycles. The van der Waals surface area contributed by atoms with E-state index < -0.39 is 0 Å². The Labute approximate surface area is 95.3 Å². The molecule has 1 aliphatic rings. The van der Waals surface area contributed by atoms with Crippen LogP contribution in [-0.2, 0) is 0 Å². The molecule has 1 aromatic carbocycles. The second kappa shape index (κ2) is 5.01. The molecule has 0 saturated carbocycles. The molecule has 0 radical (unpaired) electrons. The second-order valence-electron chi connectivity index (χ2n) is 4.16. The number of nitrogens with two attached hydrogens (primary N) is 1. The van der Waals surface area contributed by atoms with Crippen LogP contribution in [0.1, 0.15) is 25.7 Å². The molecule has 0 bridgehead atoms. The molecule has 0 unspecified atom stereocenters. The van der Waals surface area contributed by atoms with Crippen molar-refractivity contribution in [1.29, 1.82) is 0 Å². The summed E-state index contributed by atoms with van der Waals surface area (Å²) in [5.41, 5.74) is 8.53. The molecule has 1 aromatic rings. The number of hydrogen-bond donors (Lipinski definition) is 2. The predicted molar refractivity (Wildman–Crippen MR) is 65.9 cm³/mol. The highest BCUT2D eigenvalue weighted by Gasteiger charge is 2.05. The molecular weight excluding hydrogens is 203 g/mol. The van der Waals surface area contributed by atoms with E-state index in [0.717, 1.165) is 13.0 Å². The summed E-state index contributed by atoms with van der Waals surface area (Å²) in [7, 11) is 0. The van der Waals surface area contributed by atoms with Gasteiger partial charge in [-0.25, -0.2) is 4.39 Å². The van der Waals surface area contributed by atoms with Crippen LogP contribution in [0.25, 0.3) is 0 Å². The van der Waals surface area contributed by atoms with Gasteiger partial charge in [0.1, 0.15) is 5.82 Å². The van der Waals surface area contributed by atoms with E-state index in [1.165, 1.54) is 37.0 Å². The normalized spacial score (nSPS) is 14.9. The van der Waals surface area contributed by atoms with Crippen molar-refractivity contribution in [3.8, 4) is 0 Å². The number of nitrogen functional groups attached to an aromatic ring is 1. The van der Waals surface area contributed by atoms with Crippen molar-refractivity contribution in [1.82, 2.24) is 0 Å². The fourth-order valence-electron chi connectivity index (χ4n) is 2.00. The van der Waals surface area contributed by atoms with E-state index in [4.69, 9.17) is 5.73 Å². The van der Waals surface area contributed by atoms with E-state index in [-0.39, 0.29) is 5.82 Å². The van der Waals surface area contributed by atoms with Gasteiger partial charge in [0.05, 0.1) is 11.4 Å². The SMILES string of the molecule is Nc1ccc(F)cc1NCCC1=CCCC1. The lowest BCUT2D eigenvalue weighted by Gasteiger charge is -2.09. The van der Waals surface area contributed by atoms with Crippen molar-refractivity contribution in [2.45, 2.75) is 25.7 Å². The third-order valence-corrected chi connectivity index (χ3v) is 2.91. The zero-order valence-electron chi connectivity index (χ0n) is 9.30. The van der Waals surface area contributed by atoms with Gasteiger partial charge in [-0.2, -0.15) is 0 Å². The molecule has 2 nitrogen and oxygen atoms in total. The van der Waals surface area contributed by atoms with Crippen molar-refractivity contribution < 1.29 is 4.39 Å². The molecule has 3 N–H and O–H groups in total. The zero-order valence-corrected chi connectivity index (χ0v) is 9.30. The standard InChI is InChI=1S/C13H17FN2/c14-11-5-6-12(15)13(9-11)16-8-7-10-3-1-2-4-10/h3,5-6,9,16H,1-2,4,7-8,15H2. The highest BCUT2D eigenvalue weighted by molar-refractivity contribution is 5.65. The molecule has 0 amide bonds. The van der Waals surface area contributed by atoms with Gasteiger partial charge in [0.25, 0.3) is 0 Å².